The van der Waals surface area contributed by atoms with Crippen LogP contribution in [0.3, 0.4) is 0 Å². The summed E-state index contributed by atoms with van der Waals surface area (Å²) < 4.78 is 1.67. The zero-order chi connectivity index (χ0) is 8.39. The first kappa shape index (κ1) is 7.09. The Balaban J connectivity index is 2.31. The van der Waals surface area contributed by atoms with Gasteiger partial charge in [0, 0.05) is 18.8 Å². The van der Waals surface area contributed by atoms with Gasteiger partial charge in [0.1, 0.15) is 5.84 Å². The van der Waals surface area contributed by atoms with Gasteiger partial charge in [0.05, 0.1) is 0 Å². The van der Waals surface area contributed by atoms with E-state index in [0.717, 1.165) is 18.7 Å². The second-order valence-electron chi connectivity index (χ2n) is 2.58. The van der Waals surface area contributed by atoms with Crippen LogP contribution in [-0.4, -0.2) is 20.7 Å². The highest BCUT2D eigenvalue weighted by molar-refractivity contribution is 5.85. The van der Waals surface area contributed by atoms with Crippen LogP contribution < -0.4 is 0 Å². The van der Waals surface area contributed by atoms with Crippen LogP contribution in [0.1, 0.15) is 12.8 Å². The molecule has 1 N–H and O–H groups in total. The summed E-state index contributed by atoms with van der Waals surface area (Å²) in [5.41, 5.74) is 0. The second kappa shape index (κ2) is 2.81. The Hall–Kier alpha value is -1.58. The summed E-state index contributed by atoms with van der Waals surface area (Å²) in [6, 6.07) is 1.83. The molecule has 0 amide bonds. The number of aliphatic hydroxyl groups is 1. The van der Waals surface area contributed by atoms with Crippen molar-refractivity contribution in [3.05, 3.63) is 30.4 Å². The summed E-state index contributed by atoms with van der Waals surface area (Å²) in [7, 11) is 0. The fourth-order valence-electron chi connectivity index (χ4n) is 1.15. The Morgan fingerprint density at radius 2 is 2.42 bits per heavy atom. The molecule has 1 aromatic rings. The summed E-state index contributed by atoms with van der Waals surface area (Å²) in [5.74, 6) is 0.881. The topological polar surface area (TPSA) is 50.4 Å². The number of aliphatic imine (C=N–C) groups is 1. The van der Waals surface area contributed by atoms with Gasteiger partial charge < -0.3 is 5.11 Å². The van der Waals surface area contributed by atoms with E-state index >= 15 is 0 Å². The fraction of sp³-hybridized carbons (Fsp3) is 0.250. The van der Waals surface area contributed by atoms with Crippen molar-refractivity contribution in [3.8, 4) is 0 Å². The molecule has 2 rings (SSSR count). The molecule has 0 bridgehead atoms. The first-order valence-corrected chi connectivity index (χ1v) is 3.83. The monoisotopic (exact) mass is 163 g/mol. The molecule has 62 valence electrons. The van der Waals surface area contributed by atoms with E-state index in [-0.39, 0.29) is 5.88 Å². The van der Waals surface area contributed by atoms with Crippen molar-refractivity contribution < 1.29 is 5.11 Å². The molecule has 0 radical (unpaired) electrons. The van der Waals surface area contributed by atoms with Gasteiger partial charge >= 0.3 is 0 Å². The molecule has 0 saturated heterocycles. The normalized spacial score (nSPS) is 17.0. The van der Waals surface area contributed by atoms with E-state index in [1.54, 1.807) is 17.0 Å². The third-order valence-electron chi connectivity index (χ3n) is 1.71. The van der Waals surface area contributed by atoms with E-state index in [4.69, 9.17) is 5.11 Å². The van der Waals surface area contributed by atoms with Crippen molar-refractivity contribution in [2.75, 3.05) is 0 Å². The van der Waals surface area contributed by atoms with Gasteiger partial charge in [-0.25, -0.2) is 4.68 Å². The largest absolute Gasteiger partial charge is 0.493 e. The van der Waals surface area contributed by atoms with Crippen molar-refractivity contribution in [1.82, 2.24) is 9.78 Å². The molecule has 12 heavy (non-hydrogen) atoms. The lowest BCUT2D eigenvalue weighted by molar-refractivity contribution is 0.400. The molecule has 0 aliphatic carbocycles. The number of aromatic nitrogens is 2. The van der Waals surface area contributed by atoms with Crippen LogP contribution in [0.2, 0.25) is 0 Å². The maximum atomic E-state index is 9.11. The maximum Gasteiger partial charge on any atom is 0.208 e. The minimum atomic E-state index is 0.0896. The van der Waals surface area contributed by atoms with E-state index in [9.17, 15) is 0 Å². The average molecular weight is 163 g/mol. The van der Waals surface area contributed by atoms with Crippen molar-refractivity contribution in [2.45, 2.75) is 12.8 Å². The standard InChI is InChI=1S/C8H9N3O/c12-8-4-1-3-7(10-8)11-6-2-5-9-11/h2,4-6,12H,1,3H2. The molecule has 0 saturated carbocycles. The lowest BCUT2D eigenvalue weighted by atomic mass is 10.2. The van der Waals surface area contributed by atoms with Crippen LogP contribution in [0.5, 0.6) is 0 Å². The van der Waals surface area contributed by atoms with Gasteiger partial charge in [0.2, 0.25) is 5.88 Å². The minimum Gasteiger partial charge on any atom is -0.493 e. The van der Waals surface area contributed by atoms with Gasteiger partial charge in [-0.1, -0.05) is 0 Å². The molecule has 1 aliphatic heterocycles. The third-order valence-corrected chi connectivity index (χ3v) is 1.71. The predicted molar refractivity (Wildman–Crippen MR) is 45.0 cm³/mol. The fourth-order valence-corrected chi connectivity index (χ4v) is 1.15. The van der Waals surface area contributed by atoms with Gasteiger partial charge in [-0.15, -0.1) is 0 Å². The molecular weight excluding hydrogens is 154 g/mol. The van der Waals surface area contributed by atoms with Crippen LogP contribution in [0, 0.1) is 0 Å². The molecular formula is C8H9N3O. The number of hydrogen-bond donors (Lipinski definition) is 1. The van der Waals surface area contributed by atoms with Crippen molar-refractivity contribution in [2.24, 2.45) is 4.99 Å². The SMILES string of the molecule is OC1=CCCC(n2cccn2)=N1. The van der Waals surface area contributed by atoms with Crippen molar-refractivity contribution in [1.29, 1.82) is 0 Å². The van der Waals surface area contributed by atoms with E-state index in [1.165, 1.54) is 0 Å². The molecule has 1 aromatic heterocycles. The lowest BCUT2D eigenvalue weighted by Gasteiger charge is -2.08. The predicted octanol–water partition coefficient (Wildman–Crippen LogP) is 1.32. The first-order chi connectivity index (χ1) is 5.86. The second-order valence-corrected chi connectivity index (χ2v) is 2.58. The Morgan fingerprint density at radius 3 is 3.08 bits per heavy atom. The number of rotatable bonds is 0. The summed E-state index contributed by atoms with van der Waals surface area (Å²) in [5, 5.41) is 13.1. The van der Waals surface area contributed by atoms with Crippen LogP contribution in [0.4, 0.5) is 0 Å². The number of allylic oxidation sites excluding steroid dienone is 1. The van der Waals surface area contributed by atoms with Gasteiger partial charge in [-0.05, 0) is 18.6 Å². The Kier molecular flexibility index (Phi) is 1.66. The highest BCUT2D eigenvalue weighted by Gasteiger charge is 2.07. The molecule has 0 unspecified atom stereocenters. The lowest BCUT2D eigenvalue weighted by Crippen LogP contribution is -2.14. The van der Waals surface area contributed by atoms with Crippen LogP contribution in [0.25, 0.3) is 0 Å². The molecule has 0 aromatic carbocycles. The molecule has 4 heteroatoms. The third kappa shape index (κ3) is 1.23. The zero-order valence-corrected chi connectivity index (χ0v) is 6.51. The van der Waals surface area contributed by atoms with E-state index < -0.39 is 0 Å². The molecule has 0 fully saturated rings. The first-order valence-electron chi connectivity index (χ1n) is 3.83. The Bertz CT molecular complexity index is 324. The molecule has 1 aliphatic rings. The molecule has 4 nitrogen and oxygen atoms in total. The number of hydrogen-bond acceptors (Lipinski definition) is 3. The zero-order valence-electron chi connectivity index (χ0n) is 6.51. The summed E-state index contributed by atoms with van der Waals surface area (Å²) in [6.07, 6.45) is 6.86. The Labute approximate surface area is 69.9 Å². The average Bonchev–Trinajstić information content (AvgIpc) is 2.56. The van der Waals surface area contributed by atoms with Crippen LogP contribution >= 0.6 is 0 Å². The van der Waals surface area contributed by atoms with Gasteiger partial charge in [0.25, 0.3) is 0 Å². The van der Waals surface area contributed by atoms with Crippen molar-refractivity contribution in [3.63, 3.8) is 0 Å². The highest BCUT2D eigenvalue weighted by atomic mass is 16.3. The molecule has 2 heterocycles. The molecule has 0 spiro atoms. The quantitative estimate of drug-likeness (QED) is 0.627. The highest BCUT2D eigenvalue weighted by Crippen LogP contribution is 2.08. The van der Waals surface area contributed by atoms with Gasteiger partial charge in [-0.2, -0.15) is 10.1 Å². The van der Waals surface area contributed by atoms with E-state index in [0.29, 0.717) is 0 Å². The van der Waals surface area contributed by atoms with Crippen LogP contribution in [-0.2, 0) is 0 Å². The summed E-state index contributed by atoms with van der Waals surface area (Å²) in [6.45, 7) is 0. The van der Waals surface area contributed by atoms with E-state index in [2.05, 4.69) is 10.1 Å². The van der Waals surface area contributed by atoms with Gasteiger partial charge in [-0.3, -0.25) is 0 Å². The van der Waals surface area contributed by atoms with Gasteiger partial charge in [0.15, 0.2) is 0 Å². The summed E-state index contributed by atoms with van der Waals surface area (Å²) in [4.78, 5) is 3.96. The maximum absolute atomic E-state index is 9.11. The van der Waals surface area contributed by atoms with E-state index in [1.807, 2.05) is 12.3 Å². The van der Waals surface area contributed by atoms with Crippen LogP contribution in [0.15, 0.2) is 35.4 Å². The summed E-state index contributed by atoms with van der Waals surface area (Å²) >= 11 is 0. The Morgan fingerprint density at radius 1 is 1.50 bits per heavy atom. The van der Waals surface area contributed by atoms with Crippen molar-refractivity contribution >= 4 is 5.84 Å². The number of nitrogens with zero attached hydrogens (tertiary/aromatic N) is 3. The molecule has 0 atom stereocenters. The number of aliphatic hydroxyl groups excluding tert-OH is 1. The minimum absolute atomic E-state index is 0.0896. The smallest absolute Gasteiger partial charge is 0.208 e.